The zero-order valence-electron chi connectivity index (χ0n) is 7.23. The van der Waals surface area contributed by atoms with Gasteiger partial charge in [0.25, 0.3) is 0 Å². The highest BCUT2D eigenvalue weighted by molar-refractivity contribution is 14.1. The Kier molecular flexibility index (Phi) is 6.85. The monoisotopic (exact) mass is 255 g/mol. The molecule has 0 rings (SSSR count). The third-order valence-corrected chi connectivity index (χ3v) is 2.48. The van der Waals surface area contributed by atoms with Gasteiger partial charge in [0.05, 0.1) is 0 Å². The predicted octanol–water partition coefficient (Wildman–Crippen LogP) is 2.54. The average Bonchev–Trinajstić information content (AvgIpc) is 1.89. The minimum absolute atomic E-state index is 0.716. The maximum absolute atomic E-state index is 2.50. The predicted molar refractivity (Wildman–Crippen MR) is 55.9 cm³/mol. The third-order valence-electron chi connectivity index (χ3n) is 1.72. The highest BCUT2D eigenvalue weighted by Crippen LogP contribution is 1.99. The van der Waals surface area contributed by atoms with Gasteiger partial charge in [0.1, 0.15) is 0 Å². The fraction of sp³-hybridized carbons (Fsp3) is 1.00. The van der Waals surface area contributed by atoms with Crippen molar-refractivity contribution in [2.75, 3.05) is 17.5 Å². The van der Waals surface area contributed by atoms with Crippen LogP contribution in [0.5, 0.6) is 0 Å². The lowest BCUT2D eigenvalue weighted by atomic mass is 10.3. The summed E-state index contributed by atoms with van der Waals surface area (Å²) in [5.74, 6) is 0. The van der Waals surface area contributed by atoms with E-state index in [9.17, 15) is 0 Å². The molecular formula is C8H18IN. The van der Waals surface area contributed by atoms with Crippen molar-refractivity contribution in [2.45, 2.75) is 33.2 Å². The van der Waals surface area contributed by atoms with Crippen LogP contribution >= 0.6 is 22.6 Å². The molecular weight excluding hydrogens is 237 g/mol. The Hall–Kier alpha value is 0.690. The highest BCUT2D eigenvalue weighted by atomic mass is 127. The second kappa shape index (κ2) is 6.40. The Morgan fingerprint density at radius 3 is 2.30 bits per heavy atom. The third kappa shape index (κ3) is 4.50. The molecule has 0 aromatic carbocycles. The van der Waals surface area contributed by atoms with Gasteiger partial charge in [0, 0.05) is 10.5 Å². The molecule has 0 amide bonds. The fourth-order valence-electron chi connectivity index (χ4n) is 1.04. The number of halogens is 1. The second-order valence-corrected chi connectivity index (χ2v) is 3.84. The van der Waals surface area contributed by atoms with Crippen molar-refractivity contribution in [2.24, 2.45) is 0 Å². The summed E-state index contributed by atoms with van der Waals surface area (Å²) in [6, 6.07) is 0.716. The van der Waals surface area contributed by atoms with Gasteiger partial charge in [-0.1, -0.05) is 29.5 Å². The molecule has 2 heteroatoms. The van der Waals surface area contributed by atoms with E-state index in [-0.39, 0.29) is 0 Å². The smallest absolute Gasteiger partial charge is 0.00384 e. The Balaban J connectivity index is 3.40. The van der Waals surface area contributed by atoms with E-state index in [1.54, 1.807) is 0 Å². The molecule has 0 atom stereocenters. The summed E-state index contributed by atoms with van der Waals surface area (Å²) in [7, 11) is 0. The van der Waals surface area contributed by atoms with Crippen LogP contribution in [0.25, 0.3) is 0 Å². The molecule has 0 aliphatic rings. The SMILES string of the molecule is CCN(CCCI)C(C)C. The highest BCUT2D eigenvalue weighted by Gasteiger charge is 2.04. The lowest BCUT2D eigenvalue weighted by Gasteiger charge is -2.23. The van der Waals surface area contributed by atoms with Gasteiger partial charge < -0.3 is 4.90 Å². The van der Waals surface area contributed by atoms with Crippen molar-refractivity contribution >= 4 is 22.6 Å². The van der Waals surface area contributed by atoms with Gasteiger partial charge in [-0.2, -0.15) is 0 Å². The summed E-state index contributed by atoms with van der Waals surface area (Å²) >= 11 is 2.43. The van der Waals surface area contributed by atoms with Crippen LogP contribution in [0.3, 0.4) is 0 Å². The van der Waals surface area contributed by atoms with E-state index in [1.165, 1.54) is 23.9 Å². The molecule has 0 unspecified atom stereocenters. The van der Waals surface area contributed by atoms with E-state index in [2.05, 4.69) is 48.3 Å². The molecule has 0 aromatic rings. The van der Waals surface area contributed by atoms with Gasteiger partial charge in [-0.05, 0) is 33.4 Å². The van der Waals surface area contributed by atoms with Crippen LogP contribution in [0.15, 0.2) is 0 Å². The van der Waals surface area contributed by atoms with Crippen LogP contribution in [0.1, 0.15) is 27.2 Å². The molecule has 0 saturated heterocycles. The lowest BCUT2D eigenvalue weighted by molar-refractivity contribution is 0.235. The molecule has 0 spiro atoms. The molecule has 0 aromatic heterocycles. The fourth-order valence-corrected chi connectivity index (χ4v) is 1.39. The number of hydrogen-bond donors (Lipinski definition) is 0. The maximum atomic E-state index is 2.50. The molecule has 0 aliphatic heterocycles. The number of nitrogens with zero attached hydrogens (tertiary/aromatic N) is 1. The molecule has 10 heavy (non-hydrogen) atoms. The van der Waals surface area contributed by atoms with Gasteiger partial charge in [-0.25, -0.2) is 0 Å². The van der Waals surface area contributed by atoms with Crippen molar-refractivity contribution < 1.29 is 0 Å². The summed E-state index contributed by atoms with van der Waals surface area (Å²) < 4.78 is 1.28. The quantitative estimate of drug-likeness (QED) is 0.539. The van der Waals surface area contributed by atoms with Crippen LogP contribution in [0.4, 0.5) is 0 Å². The van der Waals surface area contributed by atoms with Crippen molar-refractivity contribution in [1.29, 1.82) is 0 Å². The minimum Gasteiger partial charge on any atom is -0.301 e. The van der Waals surface area contributed by atoms with Crippen molar-refractivity contribution in [3.63, 3.8) is 0 Å². The maximum Gasteiger partial charge on any atom is 0.00384 e. The first-order valence-corrected chi connectivity index (χ1v) is 5.55. The van der Waals surface area contributed by atoms with Gasteiger partial charge >= 0.3 is 0 Å². The summed E-state index contributed by atoms with van der Waals surface area (Å²) in [6.45, 7) is 9.20. The molecule has 62 valence electrons. The summed E-state index contributed by atoms with van der Waals surface area (Å²) in [6.07, 6.45) is 1.33. The first-order chi connectivity index (χ1) is 4.72. The van der Waals surface area contributed by atoms with Crippen molar-refractivity contribution in [3.8, 4) is 0 Å². The topological polar surface area (TPSA) is 3.24 Å². The molecule has 0 radical (unpaired) electrons. The van der Waals surface area contributed by atoms with Crippen LogP contribution in [0, 0.1) is 0 Å². The van der Waals surface area contributed by atoms with Gasteiger partial charge in [0.15, 0.2) is 0 Å². The van der Waals surface area contributed by atoms with E-state index in [0.717, 1.165) is 0 Å². The molecule has 0 fully saturated rings. The van der Waals surface area contributed by atoms with E-state index < -0.39 is 0 Å². The Morgan fingerprint density at radius 2 is 2.00 bits per heavy atom. The largest absolute Gasteiger partial charge is 0.301 e. The molecule has 0 bridgehead atoms. The van der Waals surface area contributed by atoms with Crippen LogP contribution in [-0.4, -0.2) is 28.5 Å². The van der Waals surface area contributed by atoms with E-state index in [0.29, 0.717) is 6.04 Å². The summed E-state index contributed by atoms with van der Waals surface area (Å²) in [4.78, 5) is 2.50. The van der Waals surface area contributed by atoms with Gasteiger partial charge in [0.2, 0.25) is 0 Å². The standard InChI is InChI=1S/C8H18IN/c1-4-10(8(2)3)7-5-6-9/h8H,4-7H2,1-3H3. The molecule has 0 heterocycles. The molecule has 1 nitrogen and oxygen atoms in total. The van der Waals surface area contributed by atoms with Crippen molar-refractivity contribution in [3.05, 3.63) is 0 Å². The summed E-state index contributed by atoms with van der Waals surface area (Å²) in [5.41, 5.74) is 0. The van der Waals surface area contributed by atoms with Crippen LogP contribution in [-0.2, 0) is 0 Å². The van der Waals surface area contributed by atoms with E-state index in [1.807, 2.05) is 0 Å². The van der Waals surface area contributed by atoms with Gasteiger partial charge in [-0.3, -0.25) is 0 Å². The minimum atomic E-state index is 0.716. The Labute approximate surface area is 78.3 Å². The van der Waals surface area contributed by atoms with E-state index >= 15 is 0 Å². The molecule has 0 N–H and O–H groups in total. The molecule has 0 saturated carbocycles. The van der Waals surface area contributed by atoms with Crippen molar-refractivity contribution in [1.82, 2.24) is 4.90 Å². The number of rotatable bonds is 5. The number of alkyl halides is 1. The van der Waals surface area contributed by atoms with Gasteiger partial charge in [-0.15, -0.1) is 0 Å². The first kappa shape index (κ1) is 10.7. The molecule has 0 aliphatic carbocycles. The number of hydrogen-bond acceptors (Lipinski definition) is 1. The average molecular weight is 255 g/mol. The van der Waals surface area contributed by atoms with E-state index in [4.69, 9.17) is 0 Å². The summed E-state index contributed by atoms with van der Waals surface area (Å²) in [5, 5.41) is 0. The lowest BCUT2D eigenvalue weighted by Crippen LogP contribution is -2.31. The zero-order chi connectivity index (χ0) is 7.98. The first-order valence-electron chi connectivity index (χ1n) is 4.02. The van der Waals surface area contributed by atoms with Crippen LogP contribution in [0.2, 0.25) is 0 Å². The normalized spacial score (nSPS) is 11.4. The second-order valence-electron chi connectivity index (χ2n) is 2.76. The Morgan fingerprint density at radius 1 is 1.40 bits per heavy atom. The van der Waals surface area contributed by atoms with Crippen LogP contribution < -0.4 is 0 Å². The zero-order valence-corrected chi connectivity index (χ0v) is 9.39. The Bertz CT molecular complexity index is 73.7.